The van der Waals surface area contributed by atoms with Crippen molar-refractivity contribution in [3.8, 4) is 27.9 Å². The Balaban J connectivity index is 1.33. The van der Waals surface area contributed by atoms with Crippen LogP contribution in [-0.4, -0.2) is 11.4 Å². The molecule has 46 heavy (non-hydrogen) atoms. The molecular formula is C42H25BN2O. The number of hydrogen-bond acceptors (Lipinski definition) is 2. The summed E-state index contributed by atoms with van der Waals surface area (Å²) in [6.07, 6.45) is 0. The minimum absolute atomic E-state index is 0.0467. The molecule has 7 aromatic carbocycles. The third kappa shape index (κ3) is 3.03. The number of aromatic nitrogens is 1. The van der Waals surface area contributed by atoms with E-state index in [9.17, 15) is 0 Å². The zero-order chi connectivity index (χ0) is 29.9. The van der Waals surface area contributed by atoms with Crippen molar-refractivity contribution >= 4 is 72.9 Å². The molecule has 2 aliphatic heterocycles. The summed E-state index contributed by atoms with van der Waals surface area (Å²) >= 11 is 0. The Labute approximate surface area is 265 Å². The Hall–Kier alpha value is -6.00. The van der Waals surface area contributed by atoms with Crippen LogP contribution in [0.15, 0.2) is 156 Å². The summed E-state index contributed by atoms with van der Waals surface area (Å²) in [7, 11) is 0. The van der Waals surface area contributed by atoms with E-state index in [2.05, 4.69) is 155 Å². The van der Waals surface area contributed by atoms with Crippen molar-refractivity contribution in [2.75, 3.05) is 4.81 Å². The zero-order valence-electron chi connectivity index (χ0n) is 24.8. The monoisotopic (exact) mass is 584 g/mol. The number of anilines is 2. The van der Waals surface area contributed by atoms with Crippen LogP contribution in [0.25, 0.3) is 71.7 Å². The van der Waals surface area contributed by atoms with Crippen molar-refractivity contribution in [2.45, 2.75) is 0 Å². The maximum atomic E-state index is 6.49. The van der Waals surface area contributed by atoms with E-state index in [0.29, 0.717) is 0 Å². The van der Waals surface area contributed by atoms with E-state index in [1.54, 1.807) is 0 Å². The van der Waals surface area contributed by atoms with Gasteiger partial charge in [0.15, 0.2) is 0 Å². The molecule has 2 aromatic heterocycles. The quantitative estimate of drug-likeness (QED) is 0.179. The maximum Gasteiger partial charge on any atom is 0.329 e. The Morgan fingerprint density at radius 3 is 2.02 bits per heavy atom. The minimum Gasteiger partial charge on any atom is -0.456 e. The molecule has 4 heteroatoms. The van der Waals surface area contributed by atoms with Crippen LogP contribution in [0.2, 0.25) is 0 Å². The van der Waals surface area contributed by atoms with E-state index in [-0.39, 0.29) is 6.85 Å². The summed E-state index contributed by atoms with van der Waals surface area (Å²) < 4.78 is 8.93. The van der Waals surface area contributed by atoms with E-state index >= 15 is 0 Å². The molecule has 9 aromatic rings. The van der Waals surface area contributed by atoms with Gasteiger partial charge in [-0.15, -0.1) is 0 Å². The average molecular weight is 584 g/mol. The lowest BCUT2D eigenvalue weighted by atomic mass is 9.43. The molecule has 0 bridgehead atoms. The molecule has 0 fully saturated rings. The van der Waals surface area contributed by atoms with E-state index < -0.39 is 0 Å². The van der Waals surface area contributed by atoms with Gasteiger partial charge in [-0.25, -0.2) is 0 Å². The van der Waals surface area contributed by atoms with Crippen LogP contribution in [0, 0.1) is 0 Å². The predicted octanol–water partition coefficient (Wildman–Crippen LogP) is 9.59. The van der Waals surface area contributed by atoms with E-state index in [1.165, 1.54) is 66.4 Å². The van der Waals surface area contributed by atoms with Crippen LogP contribution in [0.3, 0.4) is 0 Å². The fraction of sp³-hybridized carbons (Fsp3) is 0. The highest BCUT2D eigenvalue weighted by atomic mass is 16.3. The molecule has 0 atom stereocenters. The standard InChI is InChI=1S/C42H25BN2O/c1-2-12-26(13-3-1)44-37-23-22-34-41(42(37)32-25-40-31(24-38(32)44)29-16-7-11-21-39(29)46-40)30-17-6-10-20-36(30)45-35-19-9-5-15-28(35)27-14-4-8-18-33(27)43(34)45/h1-25H. The number of furan rings is 1. The van der Waals surface area contributed by atoms with Crippen LogP contribution in [0.1, 0.15) is 0 Å². The van der Waals surface area contributed by atoms with Crippen LogP contribution in [0.5, 0.6) is 0 Å². The van der Waals surface area contributed by atoms with Gasteiger partial charge in [-0.1, -0.05) is 103 Å². The molecule has 0 spiro atoms. The second-order valence-corrected chi connectivity index (χ2v) is 12.5. The molecule has 0 N–H and O–H groups in total. The molecule has 2 aliphatic rings. The second-order valence-electron chi connectivity index (χ2n) is 12.5. The van der Waals surface area contributed by atoms with Gasteiger partial charge in [0.05, 0.1) is 11.0 Å². The molecule has 0 radical (unpaired) electrons. The molecule has 0 saturated heterocycles. The number of para-hydroxylation sites is 4. The van der Waals surface area contributed by atoms with Crippen molar-refractivity contribution in [3.05, 3.63) is 152 Å². The lowest BCUT2D eigenvalue weighted by Gasteiger charge is -2.43. The number of nitrogens with zero attached hydrogens (tertiary/aromatic N) is 2. The summed E-state index contributed by atoms with van der Waals surface area (Å²) in [5.41, 5.74) is 15.7. The first-order valence-electron chi connectivity index (χ1n) is 15.9. The second kappa shape index (κ2) is 8.80. The summed E-state index contributed by atoms with van der Waals surface area (Å²) in [4.78, 5) is 2.56. The maximum absolute atomic E-state index is 6.49. The van der Waals surface area contributed by atoms with Crippen LogP contribution < -0.4 is 15.7 Å². The molecule has 0 amide bonds. The third-order valence-electron chi connectivity index (χ3n) is 10.2. The molecular weight excluding hydrogens is 559 g/mol. The summed E-state index contributed by atoms with van der Waals surface area (Å²) in [5.74, 6) is 0. The average Bonchev–Trinajstić information content (AvgIpc) is 3.65. The van der Waals surface area contributed by atoms with Gasteiger partial charge >= 0.3 is 6.85 Å². The van der Waals surface area contributed by atoms with Crippen molar-refractivity contribution in [2.24, 2.45) is 0 Å². The Morgan fingerprint density at radius 1 is 0.457 bits per heavy atom. The van der Waals surface area contributed by atoms with Gasteiger partial charge in [0.2, 0.25) is 0 Å². The van der Waals surface area contributed by atoms with Crippen molar-refractivity contribution in [3.63, 3.8) is 0 Å². The van der Waals surface area contributed by atoms with Crippen molar-refractivity contribution < 1.29 is 4.42 Å². The molecule has 3 nitrogen and oxygen atoms in total. The van der Waals surface area contributed by atoms with E-state index in [4.69, 9.17) is 4.42 Å². The molecule has 0 aliphatic carbocycles. The topological polar surface area (TPSA) is 21.3 Å². The number of hydrogen-bond donors (Lipinski definition) is 0. The Kier molecular flexibility index (Phi) is 4.66. The van der Waals surface area contributed by atoms with E-state index in [0.717, 1.165) is 27.6 Å². The third-order valence-corrected chi connectivity index (χ3v) is 10.2. The normalized spacial score (nSPS) is 13.1. The van der Waals surface area contributed by atoms with Gasteiger partial charge in [-0.2, -0.15) is 0 Å². The fourth-order valence-electron chi connectivity index (χ4n) is 8.36. The van der Waals surface area contributed by atoms with Crippen LogP contribution in [0.4, 0.5) is 11.4 Å². The Morgan fingerprint density at radius 2 is 1.15 bits per heavy atom. The first-order valence-corrected chi connectivity index (χ1v) is 15.9. The zero-order valence-corrected chi connectivity index (χ0v) is 24.8. The number of rotatable bonds is 1. The smallest absolute Gasteiger partial charge is 0.329 e. The highest BCUT2D eigenvalue weighted by molar-refractivity contribution is 6.92. The van der Waals surface area contributed by atoms with E-state index in [1.807, 2.05) is 6.07 Å². The van der Waals surface area contributed by atoms with Crippen LogP contribution >= 0.6 is 0 Å². The van der Waals surface area contributed by atoms with Gasteiger partial charge in [0.1, 0.15) is 11.2 Å². The molecule has 11 rings (SSSR count). The lowest BCUT2D eigenvalue weighted by molar-refractivity contribution is 0.669. The van der Waals surface area contributed by atoms with Gasteiger partial charge < -0.3 is 13.8 Å². The molecule has 212 valence electrons. The van der Waals surface area contributed by atoms with Gasteiger partial charge in [0, 0.05) is 49.7 Å². The first-order chi connectivity index (χ1) is 22.8. The summed E-state index contributed by atoms with van der Waals surface area (Å²) in [5, 5.41) is 4.75. The number of benzene rings is 7. The summed E-state index contributed by atoms with van der Waals surface area (Å²) in [6, 6.07) is 55.2. The van der Waals surface area contributed by atoms with Crippen molar-refractivity contribution in [1.82, 2.24) is 4.57 Å². The van der Waals surface area contributed by atoms with Crippen molar-refractivity contribution in [1.29, 1.82) is 0 Å². The predicted molar refractivity (Wildman–Crippen MR) is 193 cm³/mol. The summed E-state index contributed by atoms with van der Waals surface area (Å²) in [6.45, 7) is 0.0467. The van der Waals surface area contributed by atoms with Crippen LogP contribution in [-0.2, 0) is 0 Å². The minimum atomic E-state index is 0.0467. The van der Waals surface area contributed by atoms with Gasteiger partial charge in [0.25, 0.3) is 0 Å². The molecule has 0 saturated carbocycles. The highest BCUT2D eigenvalue weighted by Gasteiger charge is 2.43. The largest absolute Gasteiger partial charge is 0.456 e. The highest BCUT2D eigenvalue weighted by Crippen LogP contribution is 2.49. The SMILES string of the molecule is c1ccc(-n2c3cc4c(cc3c3c5c(ccc32)B2c3ccccc3-c3ccccc3N2c2ccccc2-5)oc2ccccc24)cc1. The number of fused-ring (bicyclic) bond motifs is 18. The molecule has 4 heterocycles. The first kappa shape index (κ1) is 24.3. The van der Waals surface area contributed by atoms with Gasteiger partial charge in [-0.05, 0) is 70.6 Å². The Bertz CT molecular complexity index is 2720. The fourth-order valence-corrected chi connectivity index (χ4v) is 8.36. The lowest BCUT2D eigenvalue weighted by Crippen LogP contribution is -2.59. The molecule has 0 unspecified atom stereocenters. The van der Waals surface area contributed by atoms with Gasteiger partial charge in [-0.3, -0.25) is 0 Å².